The lowest BCUT2D eigenvalue weighted by molar-refractivity contribution is 0.414. The Morgan fingerprint density at radius 1 is 1.08 bits per heavy atom. The van der Waals surface area contributed by atoms with Gasteiger partial charge < -0.3 is 14.9 Å². The highest BCUT2D eigenvalue weighted by molar-refractivity contribution is 8.28. The topological polar surface area (TPSA) is 9.23 Å². The number of rotatable bonds is 3. The minimum atomic E-state index is -1.31. The zero-order valence-corrected chi connectivity index (χ0v) is 10.7. The summed E-state index contributed by atoms with van der Waals surface area (Å²) in [6.07, 6.45) is 0. The number of benzene rings is 1. The van der Waals surface area contributed by atoms with Crippen LogP contribution < -0.4 is 4.74 Å². The molecule has 0 aliphatic heterocycles. The molecule has 0 atom stereocenters. The molecular formula is C10H16AlOS-. The van der Waals surface area contributed by atoms with Gasteiger partial charge >= 0.3 is 0 Å². The molecule has 0 aliphatic carbocycles. The van der Waals surface area contributed by atoms with Gasteiger partial charge in [0.2, 0.25) is 11.9 Å². The van der Waals surface area contributed by atoms with Gasteiger partial charge in [0.05, 0.1) is 7.11 Å². The summed E-state index contributed by atoms with van der Waals surface area (Å²) in [5.74, 6) is 8.06. The van der Waals surface area contributed by atoms with Crippen LogP contribution >= 0.6 is 10.1 Å². The first-order valence-electron chi connectivity index (χ1n) is 4.61. The molecule has 0 heterocycles. The van der Waals surface area contributed by atoms with Gasteiger partial charge in [0.1, 0.15) is 5.75 Å². The van der Waals surface area contributed by atoms with E-state index in [9.17, 15) is 0 Å². The van der Waals surface area contributed by atoms with E-state index in [1.807, 2.05) is 22.3 Å². The maximum Gasteiger partial charge on any atom is 0.202 e. The molecule has 0 saturated heterocycles. The molecule has 0 aliphatic rings. The number of methoxy groups -OCH3 is 1. The van der Waals surface area contributed by atoms with Gasteiger partial charge in [-0.05, 0) is 29.2 Å². The van der Waals surface area contributed by atoms with E-state index in [-0.39, 0.29) is 0 Å². The van der Waals surface area contributed by atoms with E-state index < -0.39 is 11.9 Å². The van der Waals surface area contributed by atoms with E-state index in [1.54, 1.807) is 7.11 Å². The number of ether oxygens (including phenoxy) is 1. The molecule has 0 bridgehead atoms. The van der Waals surface area contributed by atoms with Crippen LogP contribution in [0.3, 0.4) is 0 Å². The average Bonchev–Trinajstić information content (AvgIpc) is 2.03. The predicted octanol–water partition coefficient (Wildman–Crippen LogP) is 3.62. The maximum atomic E-state index is 5.10. The highest BCUT2D eigenvalue weighted by Gasteiger charge is 2.10. The van der Waals surface area contributed by atoms with Crippen molar-refractivity contribution in [1.29, 1.82) is 0 Å². The van der Waals surface area contributed by atoms with Crippen LogP contribution in [0.5, 0.6) is 5.75 Å². The van der Waals surface area contributed by atoms with E-state index in [0.29, 0.717) is 0 Å². The SMILES string of the molecule is COc1ccc([S][Al-]([CH3])([CH3])[CH3])cc1. The van der Waals surface area contributed by atoms with Crippen LogP contribution in [-0.4, -0.2) is 19.1 Å². The summed E-state index contributed by atoms with van der Waals surface area (Å²) in [5, 5.41) is 0. The van der Waals surface area contributed by atoms with Crippen LogP contribution in [0.2, 0.25) is 17.4 Å². The molecule has 3 heteroatoms. The Morgan fingerprint density at radius 3 is 2.00 bits per heavy atom. The second-order valence-corrected chi connectivity index (χ2v) is 14.8. The lowest BCUT2D eigenvalue weighted by atomic mass is 10.3. The van der Waals surface area contributed by atoms with Gasteiger partial charge in [0, 0.05) is 0 Å². The highest BCUT2D eigenvalue weighted by Crippen LogP contribution is 2.29. The lowest BCUT2D eigenvalue weighted by Gasteiger charge is -2.20. The summed E-state index contributed by atoms with van der Waals surface area (Å²) in [6.45, 7) is 0. The molecule has 1 rings (SSSR count). The van der Waals surface area contributed by atoms with Crippen molar-refractivity contribution >= 4 is 22.1 Å². The van der Waals surface area contributed by atoms with Crippen molar-refractivity contribution in [2.75, 3.05) is 7.11 Å². The smallest absolute Gasteiger partial charge is 0.202 e. The molecule has 0 N–H and O–H groups in total. The molecule has 0 saturated carbocycles. The van der Waals surface area contributed by atoms with Crippen LogP contribution in [0.25, 0.3) is 0 Å². The standard InChI is InChI=1S/C7H8OS.3CH3.Al/c1-8-6-2-4-7(9)5-3-6;;;;/h2-5,9H,1H3;3*1H3;/p-1. The van der Waals surface area contributed by atoms with Crippen molar-refractivity contribution in [3.63, 3.8) is 0 Å². The van der Waals surface area contributed by atoms with Crippen LogP contribution in [-0.2, 0) is 0 Å². The van der Waals surface area contributed by atoms with E-state index in [1.165, 1.54) is 4.90 Å². The summed E-state index contributed by atoms with van der Waals surface area (Å²) in [4.78, 5) is 1.36. The Kier molecular flexibility index (Phi) is 3.73. The monoisotopic (exact) mass is 211 g/mol. The van der Waals surface area contributed by atoms with Gasteiger partial charge in [-0.15, -0.1) is 0 Å². The molecule has 0 aromatic heterocycles. The molecule has 1 nitrogen and oxygen atoms in total. The Balaban J connectivity index is 2.70. The third-order valence-electron chi connectivity index (χ3n) is 1.55. The molecule has 0 spiro atoms. The van der Waals surface area contributed by atoms with Gasteiger partial charge in [-0.25, -0.2) is 0 Å². The van der Waals surface area contributed by atoms with Crippen molar-refractivity contribution in [3.8, 4) is 5.75 Å². The summed E-state index contributed by atoms with van der Waals surface area (Å²) < 4.78 is 5.10. The molecular weight excluding hydrogens is 195 g/mol. The van der Waals surface area contributed by atoms with Crippen molar-refractivity contribution in [1.82, 2.24) is 0 Å². The molecule has 0 unspecified atom stereocenters. The van der Waals surface area contributed by atoms with Gasteiger partial charge in [0.25, 0.3) is 0 Å². The van der Waals surface area contributed by atoms with Crippen LogP contribution in [0, 0.1) is 0 Å². The molecule has 72 valence electrons. The van der Waals surface area contributed by atoms with Crippen molar-refractivity contribution in [2.45, 2.75) is 22.3 Å². The Labute approximate surface area is 86.2 Å². The quantitative estimate of drug-likeness (QED) is 0.706. The Hall–Kier alpha value is -0.0975. The van der Waals surface area contributed by atoms with Crippen LogP contribution in [0.1, 0.15) is 0 Å². The molecule has 0 amide bonds. The fraction of sp³-hybridized carbons (Fsp3) is 0.400. The second-order valence-electron chi connectivity index (χ2n) is 4.23. The van der Waals surface area contributed by atoms with Crippen LogP contribution in [0.4, 0.5) is 0 Å². The molecule has 13 heavy (non-hydrogen) atoms. The third-order valence-corrected chi connectivity index (χ3v) is 5.74. The maximum absolute atomic E-state index is 5.10. The second kappa shape index (κ2) is 4.41. The molecule has 1 aromatic carbocycles. The number of hydrogen-bond donors (Lipinski definition) is 0. The van der Waals surface area contributed by atoms with Crippen molar-refractivity contribution in [3.05, 3.63) is 24.3 Å². The molecule has 0 fully saturated rings. The van der Waals surface area contributed by atoms with E-state index in [4.69, 9.17) is 4.74 Å². The fourth-order valence-electron chi connectivity index (χ4n) is 1.06. The zero-order valence-electron chi connectivity index (χ0n) is 8.70. The first kappa shape index (κ1) is 11.0. The van der Waals surface area contributed by atoms with Gasteiger partial charge in [0.15, 0.2) is 0 Å². The minimum absolute atomic E-state index is 0.934. The molecule has 1 aromatic rings. The first-order valence-corrected chi connectivity index (χ1v) is 10.4. The fourth-order valence-corrected chi connectivity index (χ4v) is 5.09. The van der Waals surface area contributed by atoms with Gasteiger partial charge in [-0.3, -0.25) is 0 Å². The van der Waals surface area contributed by atoms with Crippen LogP contribution in [0.15, 0.2) is 29.2 Å². The zero-order chi connectivity index (χ0) is 9.90. The van der Waals surface area contributed by atoms with E-state index in [0.717, 1.165) is 5.75 Å². The minimum Gasteiger partial charge on any atom is -0.497 e. The third kappa shape index (κ3) is 4.09. The van der Waals surface area contributed by atoms with E-state index in [2.05, 4.69) is 29.5 Å². The summed E-state index contributed by atoms with van der Waals surface area (Å²) in [5.41, 5.74) is 0. The van der Waals surface area contributed by atoms with Crippen molar-refractivity contribution in [2.24, 2.45) is 0 Å². The Morgan fingerprint density at radius 2 is 1.62 bits per heavy atom. The van der Waals surface area contributed by atoms with Gasteiger partial charge in [-0.1, -0.05) is 0 Å². The lowest BCUT2D eigenvalue weighted by Crippen LogP contribution is -2.13. The first-order chi connectivity index (χ1) is 6.01. The summed E-state index contributed by atoms with van der Waals surface area (Å²) in [6, 6.07) is 8.31. The number of hydrogen-bond acceptors (Lipinski definition) is 2. The Bertz CT molecular complexity index is 263. The highest BCUT2D eigenvalue weighted by atomic mass is 32.3. The predicted molar refractivity (Wildman–Crippen MR) is 62.2 cm³/mol. The summed E-state index contributed by atoms with van der Waals surface area (Å²) >= 11 is -1.31. The van der Waals surface area contributed by atoms with Gasteiger partial charge in [-0.2, -0.15) is 17.4 Å². The van der Waals surface area contributed by atoms with Crippen molar-refractivity contribution < 1.29 is 4.74 Å². The normalized spacial score (nSPS) is 11.4. The largest absolute Gasteiger partial charge is 0.497 e. The van der Waals surface area contributed by atoms with E-state index >= 15 is 0 Å². The summed E-state index contributed by atoms with van der Waals surface area (Å²) in [7, 11) is 3.73. The molecule has 0 radical (unpaired) electrons. The average molecular weight is 211 g/mol.